The molecule has 2 fully saturated rings. The van der Waals surface area contributed by atoms with Crippen molar-refractivity contribution in [3.8, 4) is 0 Å². The van der Waals surface area contributed by atoms with Crippen LogP contribution in [0, 0.1) is 5.92 Å². The van der Waals surface area contributed by atoms with Gasteiger partial charge in [0.15, 0.2) is 5.96 Å². The molecule has 2 heterocycles. The van der Waals surface area contributed by atoms with Crippen molar-refractivity contribution in [2.75, 3.05) is 32.7 Å². The van der Waals surface area contributed by atoms with E-state index in [0.29, 0.717) is 37.6 Å². The average Bonchev–Trinajstić information content (AvgIpc) is 3.12. The van der Waals surface area contributed by atoms with Crippen molar-refractivity contribution >= 4 is 35.8 Å². The van der Waals surface area contributed by atoms with E-state index < -0.39 is 0 Å². The Morgan fingerprint density at radius 1 is 1.09 bits per heavy atom. The minimum Gasteiger partial charge on any atom is -0.372 e. The van der Waals surface area contributed by atoms with Gasteiger partial charge < -0.3 is 20.3 Å². The fraction of sp³-hybridized carbons (Fsp3) is 0.680. The average molecular weight is 572 g/mol. The minimum atomic E-state index is 0. The molecular weight excluding hydrogens is 529 g/mol. The molecule has 7 nitrogen and oxygen atoms in total. The van der Waals surface area contributed by atoms with Gasteiger partial charge in [-0.05, 0) is 58.2 Å². The van der Waals surface area contributed by atoms with Crippen LogP contribution in [0.3, 0.4) is 0 Å². The van der Waals surface area contributed by atoms with Gasteiger partial charge in [-0.15, -0.1) is 24.0 Å². The van der Waals surface area contributed by atoms with E-state index >= 15 is 0 Å². The van der Waals surface area contributed by atoms with E-state index in [9.17, 15) is 4.79 Å². The zero-order valence-corrected chi connectivity index (χ0v) is 23.3. The van der Waals surface area contributed by atoms with Crippen LogP contribution in [-0.4, -0.2) is 78.7 Å². The Bertz CT molecular complexity index is 776. The summed E-state index contributed by atoms with van der Waals surface area (Å²) in [5, 5.41) is 7.00. The van der Waals surface area contributed by atoms with Gasteiger partial charge in [0.2, 0.25) is 0 Å². The first-order valence-electron chi connectivity index (χ1n) is 12.1. The number of benzene rings is 1. The number of hydrogen-bond acceptors (Lipinski definition) is 4. The highest BCUT2D eigenvalue weighted by atomic mass is 127. The van der Waals surface area contributed by atoms with Crippen LogP contribution < -0.4 is 10.6 Å². The van der Waals surface area contributed by atoms with Crippen molar-refractivity contribution in [1.82, 2.24) is 20.4 Å². The van der Waals surface area contributed by atoms with E-state index in [0.717, 1.165) is 36.7 Å². The molecule has 0 radical (unpaired) electrons. The van der Waals surface area contributed by atoms with Crippen molar-refractivity contribution in [2.45, 2.75) is 72.4 Å². The van der Waals surface area contributed by atoms with Crippen LogP contribution in [0.15, 0.2) is 29.3 Å². The number of likely N-dealkylation sites (tertiary alicyclic amines) is 1. The third-order valence-corrected chi connectivity index (χ3v) is 6.36. The molecule has 0 spiro atoms. The molecule has 4 unspecified atom stereocenters. The summed E-state index contributed by atoms with van der Waals surface area (Å²) in [6, 6.07) is 8.80. The number of carbonyl (C=O) groups is 1. The van der Waals surface area contributed by atoms with E-state index in [4.69, 9.17) is 9.73 Å². The van der Waals surface area contributed by atoms with Gasteiger partial charge in [0, 0.05) is 50.4 Å². The number of morpholine rings is 1. The monoisotopic (exact) mass is 571 g/mol. The van der Waals surface area contributed by atoms with Crippen LogP contribution in [0.5, 0.6) is 0 Å². The molecule has 1 aromatic rings. The fourth-order valence-electron chi connectivity index (χ4n) is 4.56. The third-order valence-electron chi connectivity index (χ3n) is 6.36. The van der Waals surface area contributed by atoms with Crippen LogP contribution >= 0.6 is 24.0 Å². The lowest BCUT2D eigenvalue weighted by molar-refractivity contribution is -0.0586. The predicted octanol–water partition coefficient (Wildman–Crippen LogP) is 3.34. The summed E-state index contributed by atoms with van der Waals surface area (Å²) in [4.78, 5) is 22.1. The predicted molar refractivity (Wildman–Crippen MR) is 145 cm³/mol. The molecular formula is C25H42IN5O2. The Kier molecular flexibility index (Phi) is 10.9. The molecule has 2 saturated heterocycles. The maximum absolute atomic E-state index is 12.9. The second kappa shape index (κ2) is 12.9. The number of aliphatic imine (C=N–C) groups is 1. The summed E-state index contributed by atoms with van der Waals surface area (Å²) in [5.41, 5.74) is 1.81. The molecule has 33 heavy (non-hydrogen) atoms. The first kappa shape index (κ1) is 27.9. The Balaban J connectivity index is 0.00000385. The highest BCUT2D eigenvalue weighted by molar-refractivity contribution is 14.0. The van der Waals surface area contributed by atoms with Gasteiger partial charge in [-0.2, -0.15) is 0 Å². The third kappa shape index (κ3) is 7.82. The number of guanidine groups is 1. The zero-order chi connectivity index (χ0) is 23.3. The van der Waals surface area contributed by atoms with Gasteiger partial charge in [0.1, 0.15) is 0 Å². The molecule has 0 bridgehead atoms. The quantitative estimate of drug-likeness (QED) is 0.312. The van der Waals surface area contributed by atoms with E-state index in [1.165, 1.54) is 0 Å². The Morgan fingerprint density at radius 2 is 1.73 bits per heavy atom. The lowest BCUT2D eigenvalue weighted by Gasteiger charge is -2.35. The molecule has 3 rings (SSSR count). The van der Waals surface area contributed by atoms with Gasteiger partial charge in [0.05, 0.1) is 18.8 Å². The molecule has 2 aliphatic heterocycles. The molecule has 0 aromatic heterocycles. The van der Waals surface area contributed by atoms with E-state index in [1.54, 1.807) is 0 Å². The zero-order valence-electron chi connectivity index (χ0n) is 21.0. The molecule has 2 N–H and O–H groups in total. The highest BCUT2D eigenvalue weighted by Gasteiger charge is 2.31. The van der Waals surface area contributed by atoms with Crippen molar-refractivity contribution in [2.24, 2.45) is 10.9 Å². The smallest absolute Gasteiger partial charge is 0.254 e. The largest absolute Gasteiger partial charge is 0.372 e. The van der Waals surface area contributed by atoms with Crippen molar-refractivity contribution < 1.29 is 9.53 Å². The topological polar surface area (TPSA) is 69.2 Å². The maximum Gasteiger partial charge on any atom is 0.254 e. The van der Waals surface area contributed by atoms with Gasteiger partial charge in [-0.1, -0.05) is 19.1 Å². The van der Waals surface area contributed by atoms with Crippen LogP contribution in [0.1, 0.15) is 57.5 Å². The van der Waals surface area contributed by atoms with Gasteiger partial charge in [-0.3, -0.25) is 9.69 Å². The number of nitrogens with one attached hydrogen (secondary N) is 2. The van der Waals surface area contributed by atoms with Gasteiger partial charge >= 0.3 is 0 Å². The summed E-state index contributed by atoms with van der Waals surface area (Å²) < 4.78 is 5.74. The summed E-state index contributed by atoms with van der Waals surface area (Å²) in [6.07, 6.45) is 0.145. The number of halogens is 1. The summed E-state index contributed by atoms with van der Waals surface area (Å²) >= 11 is 0. The van der Waals surface area contributed by atoms with Crippen molar-refractivity contribution in [3.05, 3.63) is 35.4 Å². The second-order valence-electron chi connectivity index (χ2n) is 9.64. The van der Waals surface area contributed by atoms with Crippen LogP contribution in [0.25, 0.3) is 0 Å². The highest BCUT2D eigenvalue weighted by Crippen LogP contribution is 2.19. The number of rotatable bonds is 6. The molecule has 186 valence electrons. The number of ether oxygens (including phenoxy) is 1. The first-order chi connectivity index (χ1) is 15.3. The normalized spacial score (nSPS) is 26.3. The second-order valence-corrected chi connectivity index (χ2v) is 9.64. The number of carbonyl (C=O) groups excluding carboxylic acids is 1. The van der Waals surface area contributed by atoms with Crippen LogP contribution in [-0.2, 0) is 11.3 Å². The van der Waals surface area contributed by atoms with E-state index in [1.807, 2.05) is 43.0 Å². The summed E-state index contributed by atoms with van der Waals surface area (Å²) in [5.74, 6) is 1.51. The molecule has 0 saturated carbocycles. The summed E-state index contributed by atoms with van der Waals surface area (Å²) in [7, 11) is 0. The summed E-state index contributed by atoms with van der Waals surface area (Å²) in [6.45, 7) is 17.8. The Morgan fingerprint density at radius 3 is 2.27 bits per heavy atom. The fourth-order valence-corrected chi connectivity index (χ4v) is 4.56. The lowest BCUT2D eigenvalue weighted by Crippen LogP contribution is -2.48. The SMILES string of the molecule is CCNC(=NCc1ccc(C(=O)N2CC(C)OC(C)C2)cc1)NC1CN(C(C)C)CC1C.I. The van der Waals surface area contributed by atoms with Crippen molar-refractivity contribution in [3.63, 3.8) is 0 Å². The van der Waals surface area contributed by atoms with Crippen LogP contribution in [0.2, 0.25) is 0 Å². The molecule has 2 aliphatic rings. The number of amides is 1. The van der Waals surface area contributed by atoms with E-state index in [2.05, 4.69) is 43.2 Å². The molecule has 8 heteroatoms. The van der Waals surface area contributed by atoms with Crippen LogP contribution in [0.4, 0.5) is 0 Å². The number of nitrogens with zero attached hydrogens (tertiary/aromatic N) is 3. The number of hydrogen-bond donors (Lipinski definition) is 2. The molecule has 1 amide bonds. The Labute approximate surface area is 216 Å². The van der Waals surface area contributed by atoms with Gasteiger partial charge in [-0.25, -0.2) is 4.99 Å². The Hall–Kier alpha value is -1.39. The standard InChI is InChI=1S/C25H41N5O2.HI/c1-7-26-25(28-23-16-29(17(2)3)13-18(23)4)27-12-21-8-10-22(11-9-21)24(31)30-14-19(5)32-20(6)15-30;/h8-11,17-20,23H,7,12-16H2,1-6H3,(H2,26,27,28);1H. The minimum absolute atomic E-state index is 0. The lowest BCUT2D eigenvalue weighted by atomic mass is 10.1. The molecule has 1 aromatic carbocycles. The van der Waals surface area contributed by atoms with Crippen molar-refractivity contribution in [1.29, 1.82) is 0 Å². The first-order valence-corrected chi connectivity index (χ1v) is 12.1. The molecule has 4 atom stereocenters. The molecule has 0 aliphatic carbocycles. The van der Waals surface area contributed by atoms with E-state index in [-0.39, 0.29) is 42.1 Å². The van der Waals surface area contributed by atoms with Gasteiger partial charge in [0.25, 0.3) is 5.91 Å². The maximum atomic E-state index is 12.9.